The lowest BCUT2D eigenvalue weighted by molar-refractivity contribution is 0.104. The van der Waals surface area contributed by atoms with Crippen LogP contribution in [0.15, 0.2) is 41.2 Å². The Kier molecular flexibility index (Phi) is 4.09. The normalized spacial score (nSPS) is 10.3. The summed E-state index contributed by atoms with van der Waals surface area (Å²) in [6.45, 7) is 0.757. The van der Waals surface area contributed by atoms with Crippen LogP contribution in [0, 0.1) is 0 Å². The Labute approximate surface area is 104 Å². The van der Waals surface area contributed by atoms with E-state index in [0.29, 0.717) is 12.3 Å². The number of aromatic amines is 1. The molecule has 94 valence electrons. The molecule has 0 aliphatic carbocycles. The zero-order chi connectivity index (χ0) is 12.8. The molecular weight excluding hydrogens is 232 g/mol. The first-order valence-electron chi connectivity index (χ1n) is 5.54. The fourth-order valence-electron chi connectivity index (χ4n) is 1.50. The average Bonchev–Trinajstić information content (AvgIpc) is 2.39. The molecule has 1 heterocycles. The summed E-state index contributed by atoms with van der Waals surface area (Å²) in [4.78, 5) is 17.8. The van der Waals surface area contributed by atoms with E-state index in [9.17, 15) is 4.79 Å². The van der Waals surface area contributed by atoms with Crippen LogP contribution < -0.4 is 10.3 Å². The predicted molar refractivity (Wildman–Crippen MR) is 66.3 cm³/mol. The first-order valence-corrected chi connectivity index (χ1v) is 5.54. The largest absolute Gasteiger partial charge is 0.468 e. The molecule has 5 nitrogen and oxygen atoms in total. The standard InChI is InChI=1S/C13H14N2O3/c1-17-13-14-11(7-12(16)15-13)9-18-8-10-5-3-2-4-6-10/h2-7H,8-9H2,1H3,(H,14,15,16). The lowest BCUT2D eigenvalue weighted by Crippen LogP contribution is -2.11. The summed E-state index contributed by atoms with van der Waals surface area (Å²) in [5.41, 5.74) is 1.38. The van der Waals surface area contributed by atoms with Crippen LogP contribution in [0.2, 0.25) is 0 Å². The van der Waals surface area contributed by atoms with Crippen molar-refractivity contribution in [1.29, 1.82) is 0 Å². The van der Waals surface area contributed by atoms with Gasteiger partial charge in [-0.2, -0.15) is 4.98 Å². The highest BCUT2D eigenvalue weighted by Gasteiger charge is 2.01. The van der Waals surface area contributed by atoms with Crippen LogP contribution >= 0.6 is 0 Å². The fraction of sp³-hybridized carbons (Fsp3) is 0.231. The topological polar surface area (TPSA) is 64.2 Å². The molecule has 1 aromatic carbocycles. The third kappa shape index (κ3) is 3.43. The van der Waals surface area contributed by atoms with Gasteiger partial charge in [0.25, 0.3) is 11.6 Å². The molecule has 0 fully saturated rings. The predicted octanol–water partition coefficient (Wildman–Crippen LogP) is 1.50. The summed E-state index contributed by atoms with van der Waals surface area (Å²) in [6.07, 6.45) is 0. The molecule has 5 heteroatoms. The van der Waals surface area contributed by atoms with Gasteiger partial charge < -0.3 is 9.47 Å². The van der Waals surface area contributed by atoms with Crippen molar-refractivity contribution < 1.29 is 9.47 Å². The van der Waals surface area contributed by atoms with Crippen LogP contribution in [0.25, 0.3) is 0 Å². The fourth-order valence-corrected chi connectivity index (χ4v) is 1.50. The summed E-state index contributed by atoms with van der Waals surface area (Å²) >= 11 is 0. The molecule has 0 amide bonds. The number of benzene rings is 1. The van der Waals surface area contributed by atoms with Gasteiger partial charge in [0.05, 0.1) is 26.0 Å². The molecule has 1 aromatic heterocycles. The highest BCUT2D eigenvalue weighted by atomic mass is 16.5. The molecule has 2 aromatic rings. The Morgan fingerprint density at radius 2 is 2.00 bits per heavy atom. The quantitative estimate of drug-likeness (QED) is 0.868. The SMILES string of the molecule is COc1nc(COCc2ccccc2)cc(=O)[nH]1. The first kappa shape index (κ1) is 12.3. The molecule has 0 aliphatic heterocycles. The number of ether oxygens (including phenoxy) is 2. The summed E-state index contributed by atoms with van der Waals surface area (Å²) < 4.78 is 10.4. The number of aromatic nitrogens is 2. The maximum atomic E-state index is 11.3. The third-order valence-corrected chi connectivity index (χ3v) is 2.33. The van der Waals surface area contributed by atoms with Gasteiger partial charge in [0.2, 0.25) is 0 Å². The average molecular weight is 246 g/mol. The van der Waals surface area contributed by atoms with E-state index in [1.165, 1.54) is 13.2 Å². The van der Waals surface area contributed by atoms with Crippen molar-refractivity contribution in [3.63, 3.8) is 0 Å². The van der Waals surface area contributed by atoms with Crippen molar-refractivity contribution in [3.8, 4) is 6.01 Å². The van der Waals surface area contributed by atoms with Gasteiger partial charge in [-0.1, -0.05) is 30.3 Å². The molecule has 0 saturated heterocycles. The van der Waals surface area contributed by atoms with Gasteiger partial charge in [0, 0.05) is 6.07 Å². The van der Waals surface area contributed by atoms with Crippen molar-refractivity contribution in [3.05, 3.63) is 58.0 Å². The molecule has 0 unspecified atom stereocenters. The first-order chi connectivity index (χ1) is 8.78. The highest BCUT2D eigenvalue weighted by Crippen LogP contribution is 2.04. The van der Waals surface area contributed by atoms with Crippen molar-refractivity contribution in [2.75, 3.05) is 7.11 Å². The zero-order valence-corrected chi connectivity index (χ0v) is 10.1. The Bertz CT molecular complexity index is 552. The minimum atomic E-state index is -0.250. The molecule has 1 N–H and O–H groups in total. The lowest BCUT2D eigenvalue weighted by Gasteiger charge is -2.05. The van der Waals surface area contributed by atoms with Crippen LogP contribution in [0.4, 0.5) is 0 Å². The Hall–Kier alpha value is -2.14. The second-order valence-corrected chi connectivity index (χ2v) is 3.72. The molecular formula is C13H14N2O3. The maximum absolute atomic E-state index is 11.3. The number of nitrogens with one attached hydrogen (secondary N) is 1. The number of methoxy groups -OCH3 is 1. The number of rotatable bonds is 5. The van der Waals surface area contributed by atoms with E-state index in [2.05, 4.69) is 9.97 Å². The van der Waals surface area contributed by atoms with Gasteiger partial charge in [0.1, 0.15) is 0 Å². The van der Waals surface area contributed by atoms with Gasteiger partial charge in [-0.3, -0.25) is 9.78 Å². The van der Waals surface area contributed by atoms with Gasteiger partial charge in [-0.05, 0) is 5.56 Å². The molecule has 0 spiro atoms. The number of hydrogen-bond acceptors (Lipinski definition) is 4. The zero-order valence-electron chi connectivity index (χ0n) is 10.1. The van der Waals surface area contributed by atoms with E-state index >= 15 is 0 Å². The van der Waals surface area contributed by atoms with Crippen molar-refractivity contribution >= 4 is 0 Å². The summed E-state index contributed by atoms with van der Waals surface area (Å²) in [5, 5.41) is 0. The lowest BCUT2D eigenvalue weighted by atomic mass is 10.2. The van der Waals surface area contributed by atoms with Crippen molar-refractivity contribution in [2.45, 2.75) is 13.2 Å². The third-order valence-electron chi connectivity index (χ3n) is 2.33. The van der Waals surface area contributed by atoms with Crippen LogP contribution in [0.5, 0.6) is 6.01 Å². The van der Waals surface area contributed by atoms with E-state index < -0.39 is 0 Å². The minimum Gasteiger partial charge on any atom is -0.468 e. The summed E-state index contributed by atoms with van der Waals surface area (Å²) in [7, 11) is 1.45. The summed E-state index contributed by atoms with van der Waals surface area (Å²) in [6, 6.07) is 11.4. The van der Waals surface area contributed by atoms with Crippen LogP contribution in [-0.2, 0) is 18.0 Å². The molecule has 0 saturated carbocycles. The minimum absolute atomic E-state index is 0.195. The molecule has 0 radical (unpaired) electrons. The van der Waals surface area contributed by atoms with E-state index in [-0.39, 0.29) is 18.2 Å². The maximum Gasteiger partial charge on any atom is 0.296 e. The molecule has 18 heavy (non-hydrogen) atoms. The Morgan fingerprint density at radius 1 is 1.22 bits per heavy atom. The van der Waals surface area contributed by atoms with E-state index in [4.69, 9.17) is 9.47 Å². The monoisotopic (exact) mass is 246 g/mol. The van der Waals surface area contributed by atoms with Gasteiger partial charge in [-0.15, -0.1) is 0 Å². The highest BCUT2D eigenvalue weighted by molar-refractivity contribution is 5.13. The number of nitrogens with zero attached hydrogens (tertiary/aromatic N) is 1. The Balaban J connectivity index is 1.94. The van der Waals surface area contributed by atoms with Crippen LogP contribution in [0.3, 0.4) is 0 Å². The molecule has 0 aliphatic rings. The molecule has 2 rings (SSSR count). The molecule has 0 atom stereocenters. The molecule has 0 bridgehead atoms. The summed E-state index contributed by atoms with van der Waals surface area (Å²) in [5.74, 6) is 0. The van der Waals surface area contributed by atoms with E-state index in [1.807, 2.05) is 30.3 Å². The van der Waals surface area contributed by atoms with E-state index in [1.54, 1.807) is 0 Å². The Morgan fingerprint density at radius 3 is 2.72 bits per heavy atom. The van der Waals surface area contributed by atoms with Crippen LogP contribution in [-0.4, -0.2) is 17.1 Å². The smallest absolute Gasteiger partial charge is 0.296 e. The van der Waals surface area contributed by atoms with Crippen LogP contribution in [0.1, 0.15) is 11.3 Å². The van der Waals surface area contributed by atoms with Gasteiger partial charge in [-0.25, -0.2) is 0 Å². The number of H-pyrrole nitrogens is 1. The second-order valence-electron chi connectivity index (χ2n) is 3.72. The van der Waals surface area contributed by atoms with Gasteiger partial charge >= 0.3 is 0 Å². The number of hydrogen-bond donors (Lipinski definition) is 1. The van der Waals surface area contributed by atoms with Gasteiger partial charge in [0.15, 0.2) is 0 Å². The van der Waals surface area contributed by atoms with Crippen molar-refractivity contribution in [2.24, 2.45) is 0 Å². The van der Waals surface area contributed by atoms with E-state index in [0.717, 1.165) is 5.56 Å². The second kappa shape index (κ2) is 5.97. The van der Waals surface area contributed by atoms with Crippen molar-refractivity contribution in [1.82, 2.24) is 9.97 Å².